The third kappa shape index (κ3) is 4.97. The number of hydrogen-bond donors (Lipinski definition) is 3. The quantitative estimate of drug-likeness (QED) is 0.483. The molecule has 2 saturated heterocycles. The number of H-pyrrole nitrogens is 1. The van der Waals surface area contributed by atoms with Crippen LogP contribution in [-0.4, -0.2) is 98.3 Å². The predicted molar refractivity (Wildman–Crippen MR) is 132 cm³/mol. The molecule has 210 valence electrons. The Bertz CT molecular complexity index is 1290. The Labute approximate surface area is 222 Å². The Kier molecular flexibility index (Phi) is 6.14. The van der Waals surface area contributed by atoms with Gasteiger partial charge in [0.15, 0.2) is 5.82 Å². The van der Waals surface area contributed by atoms with E-state index in [9.17, 15) is 27.9 Å². The van der Waals surface area contributed by atoms with E-state index < -0.39 is 47.3 Å². The van der Waals surface area contributed by atoms with Gasteiger partial charge in [-0.2, -0.15) is 5.10 Å². The lowest BCUT2D eigenvalue weighted by molar-refractivity contribution is -0.130. The van der Waals surface area contributed by atoms with Crippen molar-refractivity contribution >= 4 is 11.8 Å². The van der Waals surface area contributed by atoms with Crippen molar-refractivity contribution in [1.29, 1.82) is 0 Å². The number of amides is 2. The van der Waals surface area contributed by atoms with E-state index in [4.69, 9.17) is 4.74 Å². The van der Waals surface area contributed by atoms with Gasteiger partial charge in [-0.05, 0) is 44.6 Å². The van der Waals surface area contributed by atoms with Crippen LogP contribution in [0.3, 0.4) is 0 Å². The van der Waals surface area contributed by atoms with Gasteiger partial charge in [-0.3, -0.25) is 19.6 Å². The summed E-state index contributed by atoms with van der Waals surface area (Å²) in [5.74, 6) is -4.68. The summed E-state index contributed by atoms with van der Waals surface area (Å²) < 4.78 is 48.7. The number of pyridine rings is 1. The second-order valence-corrected chi connectivity index (χ2v) is 11.5. The molecule has 2 saturated carbocycles. The average molecular weight is 549 g/mol. The smallest absolute Gasteiger partial charge is 0.281 e. The highest BCUT2D eigenvalue weighted by Crippen LogP contribution is 2.50. The van der Waals surface area contributed by atoms with E-state index in [0.717, 1.165) is 6.20 Å². The van der Waals surface area contributed by atoms with Crippen molar-refractivity contribution in [3.63, 3.8) is 0 Å². The van der Waals surface area contributed by atoms with Gasteiger partial charge < -0.3 is 20.1 Å². The van der Waals surface area contributed by atoms with Gasteiger partial charge in [0.1, 0.15) is 11.7 Å². The Hall–Kier alpha value is -3.19. The molecule has 0 bridgehead atoms. The predicted octanol–water partition coefficient (Wildman–Crippen LogP) is 1.96. The normalized spacial score (nSPS) is 26.4. The van der Waals surface area contributed by atoms with Gasteiger partial charge in [-0.1, -0.05) is 0 Å². The van der Waals surface area contributed by atoms with Crippen LogP contribution in [0.2, 0.25) is 0 Å². The van der Waals surface area contributed by atoms with Crippen molar-refractivity contribution in [3.8, 4) is 17.1 Å². The van der Waals surface area contributed by atoms with E-state index in [1.54, 1.807) is 4.90 Å². The zero-order valence-electron chi connectivity index (χ0n) is 21.6. The minimum Gasteiger partial charge on any atom is -0.481 e. The zero-order chi connectivity index (χ0) is 27.6. The molecule has 1 spiro atoms. The number of nitrogens with zero attached hydrogens (tertiary/aromatic N) is 4. The summed E-state index contributed by atoms with van der Waals surface area (Å²) in [6, 6.07) is 1.56. The largest absolute Gasteiger partial charge is 0.481 e. The topological polar surface area (TPSA) is 124 Å². The molecule has 4 aliphatic rings. The second-order valence-electron chi connectivity index (χ2n) is 11.5. The Morgan fingerprint density at radius 1 is 1.26 bits per heavy atom. The number of aromatic amines is 1. The Morgan fingerprint density at radius 3 is 2.72 bits per heavy atom. The number of aliphatic hydroxyl groups is 1. The van der Waals surface area contributed by atoms with Gasteiger partial charge in [0.05, 0.1) is 31.1 Å². The number of hydrogen-bond acceptors (Lipinski definition) is 7. The fourth-order valence-corrected chi connectivity index (χ4v) is 5.94. The molecule has 2 amide bonds. The summed E-state index contributed by atoms with van der Waals surface area (Å²) >= 11 is 0. The number of alkyl halides is 2. The number of carbonyl (C=O) groups excluding carboxylic acids is 2. The van der Waals surface area contributed by atoms with Gasteiger partial charge in [0, 0.05) is 42.7 Å². The molecule has 4 fully saturated rings. The van der Waals surface area contributed by atoms with E-state index in [-0.39, 0.29) is 41.8 Å². The lowest BCUT2D eigenvalue weighted by Gasteiger charge is -2.39. The summed E-state index contributed by atoms with van der Waals surface area (Å²) in [5, 5.41) is 19.5. The monoisotopic (exact) mass is 548 g/mol. The van der Waals surface area contributed by atoms with E-state index in [0.29, 0.717) is 45.1 Å². The molecular formula is C26H31F3N6O4. The van der Waals surface area contributed by atoms with Crippen molar-refractivity contribution in [2.75, 3.05) is 33.3 Å². The highest BCUT2D eigenvalue weighted by molar-refractivity contribution is 5.94. The molecule has 2 aromatic rings. The highest BCUT2D eigenvalue weighted by Gasteiger charge is 2.56. The van der Waals surface area contributed by atoms with Crippen molar-refractivity contribution < 1.29 is 32.6 Å². The average Bonchev–Trinajstić information content (AvgIpc) is 3.73. The number of likely N-dealkylation sites (tertiary alicyclic amines) is 2. The zero-order valence-corrected chi connectivity index (χ0v) is 21.6. The molecule has 0 radical (unpaired) electrons. The van der Waals surface area contributed by atoms with E-state index in [1.807, 2.05) is 0 Å². The van der Waals surface area contributed by atoms with Gasteiger partial charge >= 0.3 is 0 Å². The number of methoxy groups -OCH3 is 1. The lowest BCUT2D eigenvalue weighted by Crippen LogP contribution is -2.54. The van der Waals surface area contributed by atoms with Crippen molar-refractivity contribution in [1.82, 2.24) is 30.3 Å². The van der Waals surface area contributed by atoms with Crippen LogP contribution in [0, 0.1) is 11.7 Å². The van der Waals surface area contributed by atoms with Crippen LogP contribution in [-0.2, 0) is 4.79 Å². The lowest BCUT2D eigenvalue weighted by atomic mass is 9.87. The molecule has 6 rings (SSSR count). The van der Waals surface area contributed by atoms with E-state index in [1.165, 1.54) is 24.1 Å². The first-order valence-electron chi connectivity index (χ1n) is 13.2. The van der Waals surface area contributed by atoms with Crippen molar-refractivity contribution in [2.24, 2.45) is 5.92 Å². The molecule has 2 aliphatic heterocycles. The molecule has 1 unspecified atom stereocenters. The number of carbonyl (C=O) groups is 2. The van der Waals surface area contributed by atoms with E-state index >= 15 is 0 Å². The summed E-state index contributed by atoms with van der Waals surface area (Å²) in [6.45, 7) is -0.00667. The number of halogens is 3. The van der Waals surface area contributed by atoms with Crippen LogP contribution >= 0.6 is 0 Å². The maximum Gasteiger partial charge on any atom is 0.281 e. The van der Waals surface area contributed by atoms with Gasteiger partial charge in [-0.15, -0.1) is 0 Å². The Morgan fingerprint density at radius 2 is 2.03 bits per heavy atom. The molecule has 13 heteroatoms. The first kappa shape index (κ1) is 26.1. The SMILES string of the molecule is COc1cc(-c2cc(C(=O)N3CCC(C(=O)N[C@H]4CN(CC5(O)CC5)CC4(F)F)CC34CC4)[nH]n2)c(F)cn1. The van der Waals surface area contributed by atoms with Crippen molar-refractivity contribution in [3.05, 3.63) is 29.8 Å². The third-order valence-electron chi connectivity index (χ3n) is 8.51. The maximum absolute atomic E-state index is 14.7. The van der Waals surface area contributed by atoms with Crippen LogP contribution in [0.5, 0.6) is 5.88 Å². The number of ether oxygens (including phenoxy) is 1. The molecule has 2 atom stereocenters. The van der Waals surface area contributed by atoms with E-state index in [2.05, 4.69) is 20.5 Å². The van der Waals surface area contributed by atoms with Crippen LogP contribution in [0.15, 0.2) is 18.3 Å². The first-order chi connectivity index (χ1) is 18.5. The van der Waals surface area contributed by atoms with Crippen LogP contribution in [0.1, 0.15) is 49.0 Å². The summed E-state index contributed by atoms with van der Waals surface area (Å²) in [4.78, 5) is 33.5. The number of nitrogens with one attached hydrogen (secondary N) is 2. The molecule has 2 aliphatic carbocycles. The first-order valence-corrected chi connectivity index (χ1v) is 13.2. The number of piperidine rings is 1. The fraction of sp³-hybridized carbons (Fsp3) is 0.615. The molecule has 3 N–H and O–H groups in total. The fourth-order valence-electron chi connectivity index (χ4n) is 5.94. The highest BCUT2D eigenvalue weighted by atomic mass is 19.3. The number of rotatable bonds is 7. The summed E-state index contributed by atoms with van der Waals surface area (Å²) in [5.41, 5.74) is -0.815. The molecule has 39 heavy (non-hydrogen) atoms. The molecule has 0 aromatic carbocycles. The van der Waals surface area contributed by atoms with Crippen LogP contribution in [0.25, 0.3) is 11.3 Å². The number of aromatic nitrogens is 3. The number of β-amino-alcohol motifs (C(OH)–C–C–N with tert-alkyl or cyclic N) is 1. The summed E-state index contributed by atoms with van der Waals surface area (Å²) in [7, 11) is 1.41. The second kappa shape index (κ2) is 9.19. The minimum atomic E-state index is -3.08. The Balaban J connectivity index is 1.09. The molecule has 2 aromatic heterocycles. The summed E-state index contributed by atoms with van der Waals surface area (Å²) in [6.07, 6.45) is 4.41. The molecular weight excluding hydrogens is 517 g/mol. The van der Waals surface area contributed by atoms with Crippen molar-refractivity contribution in [2.45, 2.75) is 61.6 Å². The van der Waals surface area contributed by atoms with Crippen LogP contribution < -0.4 is 10.1 Å². The minimum absolute atomic E-state index is 0.00434. The third-order valence-corrected chi connectivity index (χ3v) is 8.51. The van der Waals surface area contributed by atoms with Gasteiger partial charge in [0.25, 0.3) is 11.8 Å². The molecule has 4 heterocycles. The maximum atomic E-state index is 14.7. The van der Waals surface area contributed by atoms with Gasteiger partial charge in [0.2, 0.25) is 11.8 Å². The van der Waals surface area contributed by atoms with Gasteiger partial charge in [-0.25, -0.2) is 18.2 Å². The molecule has 10 nitrogen and oxygen atoms in total. The van der Waals surface area contributed by atoms with Crippen LogP contribution in [0.4, 0.5) is 13.2 Å². The standard InChI is InChI=1S/C26H31F3N6O4/c1-39-21-8-16(17(27)11-30-21)18-9-19(33-32-18)23(37)35-7-2-15(10-24(35)3-4-24)22(36)31-20-12-34(14-26(20,28)29)13-25(38)5-6-25/h8-9,11,15,20,38H,2-7,10,12-14H2,1H3,(H,31,36)(H,32,33)/t15?,20-/m0/s1.